The number of nitrogens with one attached hydrogen (secondary N) is 1. The molecule has 2 aliphatic rings. The van der Waals surface area contributed by atoms with Gasteiger partial charge in [0.05, 0.1) is 6.04 Å². The number of amides is 1. The van der Waals surface area contributed by atoms with Crippen molar-refractivity contribution < 1.29 is 4.79 Å². The SMILES string of the molecule is NCCCCN1CCN(C2CCCCNC2=O)CC1. The maximum absolute atomic E-state index is 12.0. The predicted molar refractivity (Wildman–Crippen MR) is 77.0 cm³/mol. The summed E-state index contributed by atoms with van der Waals surface area (Å²) >= 11 is 0. The molecule has 110 valence electrons. The fraction of sp³-hybridized carbons (Fsp3) is 0.929. The average molecular weight is 268 g/mol. The molecule has 19 heavy (non-hydrogen) atoms. The van der Waals surface area contributed by atoms with E-state index in [4.69, 9.17) is 5.73 Å². The standard InChI is InChI=1S/C14H28N4O/c15-6-2-4-8-17-9-11-18(12-10-17)13-5-1-3-7-16-14(13)19/h13H,1-12,15H2,(H,16,19). The lowest BCUT2D eigenvalue weighted by Crippen LogP contribution is -2.54. The number of carbonyl (C=O) groups excluding carboxylic acids is 1. The first-order chi connectivity index (χ1) is 9.31. The van der Waals surface area contributed by atoms with E-state index < -0.39 is 0 Å². The minimum absolute atomic E-state index is 0.119. The molecule has 3 N–H and O–H groups in total. The van der Waals surface area contributed by atoms with Crippen LogP contribution in [0.15, 0.2) is 0 Å². The Morgan fingerprint density at radius 1 is 1.16 bits per heavy atom. The molecule has 0 saturated carbocycles. The molecule has 5 heteroatoms. The zero-order valence-electron chi connectivity index (χ0n) is 11.9. The summed E-state index contributed by atoms with van der Waals surface area (Å²) in [5, 5.41) is 3.04. The van der Waals surface area contributed by atoms with Gasteiger partial charge < -0.3 is 16.0 Å². The van der Waals surface area contributed by atoms with Crippen LogP contribution in [0.3, 0.4) is 0 Å². The largest absolute Gasteiger partial charge is 0.355 e. The van der Waals surface area contributed by atoms with Gasteiger partial charge in [-0.25, -0.2) is 0 Å². The lowest BCUT2D eigenvalue weighted by atomic mass is 10.1. The molecule has 5 nitrogen and oxygen atoms in total. The van der Waals surface area contributed by atoms with E-state index in [2.05, 4.69) is 15.1 Å². The Kier molecular flexibility index (Phi) is 6.07. The summed E-state index contributed by atoms with van der Waals surface area (Å²) in [7, 11) is 0. The Morgan fingerprint density at radius 2 is 1.95 bits per heavy atom. The molecule has 0 aliphatic carbocycles. The van der Waals surface area contributed by atoms with E-state index >= 15 is 0 Å². The third-order valence-corrected chi connectivity index (χ3v) is 4.28. The summed E-state index contributed by atoms with van der Waals surface area (Å²) in [4.78, 5) is 16.9. The van der Waals surface area contributed by atoms with Gasteiger partial charge in [-0.1, -0.05) is 0 Å². The number of nitrogens with zero attached hydrogens (tertiary/aromatic N) is 2. The van der Waals surface area contributed by atoms with E-state index in [1.54, 1.807) is 0 Å². The van der Waals surface area contributed by atoms with Gasteiger partial charge in [-0.3, -0.25) is 9.69 Å². The number of rotatable bonds is 5. The van der Waals surface area contributed by atoms with Gasteiger partial charge in [0.15, 0.2) is 0 Å². The molecule has 0 spiro atoms. The van der Waals surface area contributed by atoms with Gasteiger partial charge in [0.25, 0.3) is 0 Å². The van der Waals surface area contributed by atoms with E-state index in [1.807, 2.05) is 0 Å². The zero-order valence-corrected chi connectivity index (χ0v) is 11.9. The van der Waals surface area contributed by atoms with Crippen molar-refractivity contribution in [1.82, 2.24) is 15.1 Å². The lowest BCUT2D eigenvalue weighted by Gasteiger charge is -2.38. The van der Waals surface area contributed by atoms with Gasteiger partial charge in [0, 0.05) is 32.7 Å². The van der Waals surface area contributed by atoms with Gasteiger partial charge in [-0.2, -0.15) is 0 Å². The Morgan fingerprint density at radius 3 is 2.68 bits per heavy atom. The molecule has 0 aromatic heterocycles. The maximum atomic E-state index is 12.0. The molecule has 1 amide bonds. The van der Waals surface area contributed by atoms with E-state index in [-0.39, 0.29) is 11.9 Å². The number of hydrogen-bond acceptors (Lipinski definition) is 4. The minimum atomic E-state index is 0.119. The molecule has 2 saturated heterocycles. The van der Waals surface area contributed by atoms with Crippen molar-refractivity contribution in [3.8, 4) is 0 Å². The molecular weight excluding hydrogens is 240 g/mol. The molecule has 2 rings (SSSR count). The molecule has 2 fully saturated rings. The summed E-state index contributed by atoms with van der Waals surface area (Å²) < 4.78 is 0. The molecule has 1 unspecified atom stereocenters. The minimum Gasteiger partial charge on any atom is -0.355 e. The highest BCUT2D eigenvalue weighted by Crippen LogP contribution is 2.15. The lowest BCUT2D eigenvalue weighted by molar-refractivity contribution is -0.126. The van der Waals surface area contributed by atoms with Gasteiger partial charge in [-0.15, -0.1) is 0 Å². The Hall–Kier alpha value is -0.650. The number of unbranched alkanes of at least 4 members (excludes halogenated alkanes) is 1. The fourth-order valence-electron chi connectivity index (χ4n) is 3.05. The maximum Gasteiger partial charge on any atom is 0.237 e. The first-order valence-corrected chi connectivity index (χ1v) is 7.75. The summed E-state index contributed by atoms with van der Waals surface area (Å²) in [6.07, 6.45) is 5.63. The summed E-state index contributed by atoms with van der Waals surface area (Å²) in [5.41, 5.74) is 5.52. The Balaban J connectivity index is 1.74. The van der Waals surface area contributed by atoms with Crippen LogP contribution in [-0.2, 0) is 4.79 Å². The topological polar surface area (TPSA) is 61.6 Å². The van der Waals surface area contributed by atoms with Crippen molar-refractivity contribution in [1.29, 1.82) is 0 Å². The van der Waals surface area contributed by atoms with Crippen LogP contribution >= 0.6 is 0 Å². The number of nitrogens with two attached hydrogens (primary N) is 1. The van der Waals surface area contributed by atoms with Gasteiger partial charge in [0.1, 0.15) is 0 Å². The van der Waals surface area contributed by atoms with Crippen LogP contribution in [0.2, 0.25) is 0 Å². The van der Waals surface area contributed by atoms with Crippen LogP contribution in [0.4, 0.5) is 0 Å². The first-order valence-electron chi connectivity index (χ1n) is 7.75. The van der Waals surface area contributed by atoms with Gasteiger partial charge in [0.2, 0.25) is 5.91 Å². The average Bonchev–Trinajstić information content (AvgIpc) is 2.65. The van der Waals surface area contributed by atoms with Crippen LogP contribution in [0, 0.1) is 0 Å². The third-order valence-electron chi connectivity index (χ3n) is 4.28. The van der Waals surface area contributed by atoms with Crippen molar-refractivity contribution in [2.45, 2.75) is 38.1 Å². The molecular formula is C14H28N4O. The second-order valence-electron chi connectivity index (χ2n) is 5.68. The van der Waals surface area contributed by atoms with Crippen molar-refractivity contribution >= 4 is 5.91 Å². The number of piperazine rings is 1. The van der Waals surface area contributed by atoms with Crippen molar-refractivity contribution in [2.75, 3.05) is 45.8 Å². The smallest absolute Gasteiger partial charge is 0.237 e. The fourth-order valence-corrected chi connectivity index (χ4v) is 3.05. The second-order valence-corrected chi connectivity index (χ2v) is 5.68. The van der Waals surface area contributed by atoms with E-state index in [1.165, 1.54) is 12.8 Å². The van der Waals surface area contributed by atoms with Crippen LogP contribution in [-0.4, -0.2) is 67.6 Å². The predicted octanol–water partition coefficient (Wildman–Crippen LogP) is 0.0116. The molecule has 0 aromatic rings. The Bertz CT molecular complexity index is 277. The van der Waals surface area contributed by atoms with Crippen molar-refractivity contribution in [3.05, 3.63) is 0 Å². The second kappa shape index (κ2) is 7.82. The molecule has 0 radical (unpaired) electrons. The van der Waals surface area contributed by atoms with Gasteiger partial charge >= 0.3 is 0 Å². The third kappa shape index (κ3) is 4.44. The molecule has 0 bridgehead atoms. The highest BCUT2D eigenvalue weighted by Gasteiger charge is 2.29. The summed E-state index contributed by atoms with van der Waals surface area (Å²) in [6.45, 7) is 7.04. The molecule has 2 heterocycles. The summed E-state index contributed by atoms with van der Waals surface area (Å²) in [5.74, 6) is 0.245. The van der Waals surface area contributed by atoms with E-state index in [0.29, 0.717) is 0 Å². The highest BCUT2D eigenvalue weighted by molar-refractivity contribution is 5.81. The van der Waals surface area contributed by atoms with Crippen molar-refractivity contribution in [3.63, 3.8) is 0 Å². The number of carbonyl (C=O) groups is 1. The number of hydrogen-bond donors (Lipinski definition) is 2. The quantitative estimate of drug-likeness (QED) is 0.690. The van der Waals surface area contributed by atoms with Crippen LogP contribution < -0.4 is 11.1 Å². The molecule has 0 aromatic carbocycles. The monoisotopic (exact) mass is 268 g/mol. The Labute approximate surface area is 116 Å². The first kappa shape index (κ1) is 14.8. The van der Waals surface area contributed by atoms with Crippen LogP contribution in [0.5, 0.6) is 0 Å². The van der Waals surface area contributed by atoms with Crippen LogP contribution in [0.25, 0.3) is 0 Å². The van der Waals surface area contributed by atoms with E-state index in [9.17, 15) is 4.79 Å². The van der Waals surface area contributed by atoms with Crippen LogP contribution in [0.1, 0.15) is 32.1 Å². The molecule has 1 atom stereocenters. The van der Waals surface area contributed by atoms with Crippen molar-refractivity contribution in [2.24, 2.45) is 5.73 Å². The van der Waals surface area contributed by atoms with Gasteiger partial charge in [-0.05, 0) is 45.2 Å². The molecule has 2 aliphatic heterocycles. The van der Waals surface area contributed by atoms with E-state index in [0.717, 1.165) is 65.1 Å². The summed E-state index contributed by atoms with van der Waals surface area (Å²) in [6, 6.07) is 0.119. The normalized spacial score (nSPS) is 27.0. The highest BCUT2D eigenvalue weighted by atomic mass is 16.2. The zero-order chi connectivity index (χ0) is 13.5.